The number of aromatic nitrogens is 2. The summed E-state index contributed by atoms with van der Waals surface area (Å²) in [5, 5.41) is 0.393. The van der Waals surface area contributed by atoms with Gasteiger partial charge in [-0.3, -0.25) is 9.36 Å². The number of aryl methyl sites for hydroxylation is 2. The van der Waals surface area contributed by atoms with E-state index in [1.54, 1.807) is 37.3 Å². The second kappa shape index (κ2) is 8.73. The van der Waals surface area contributed by atoms with Gasteiger partial charge in [-0.05, 0) is 62.7 Å². The highest BCUT2D eigenvalue weighted by Crippen LogP contribution is 2.28. The Kier molecular flexibility index (Phi) is 6.09. The zero-order chi connectivity index (χ0) is 24.8. The minimum atomic E-state index is -4.24. The second-order valence-electron chi connectivity index (χ2n) is 8.19. The van der Waals surface area contributed by atoms with Crippen LogP contribution in [0.2, 0.25) is 0 Å². The van der Waals surface area contributed by atoms with Gasteiger partial charge < -0.3 is 0 Å². The highest BCUT2D eigenvalue weighted by Gasteiger charge is 2.31. The molecule has 1 heterocycles. The normalized spacial score (nSPS) is 12.9. The molecule has 1 atom stereocenters. The third kappa shape index (κ3) is 4.01. The van der Waals surface area contributed by atoms with Gasteiger partial charge in [0.25, 0.3) is 5.56 Å². The Morgan fingerprint density at radius 1 is 0.971 bits per heavy atom. The number of rotatable bonds is 5. The van der Waals surface area contributed by atoms with E-state index in [1.807, 2.05) is 26.0 Å². The molecule has 0 fully saturated rings. The van der Waals surface area contributed by atoms with Crippen molar-refractivity contribution < 1.29 is 17.2 Å². The molecule has 1 aromatic heterocycles. The lowest BCUT2D eigenvalue weighted by Crippen LogP contribution is -2.35. The Balaban J connectivity index is 1.94. The summed E-state index contributed by atoms with van der Waals surface area (Å²) in [6.07, 6.45) is 0. The summed E-state index contributed by atoms with van der Waals surface area (Å²) in [5.74, 6) is -2.21. The molecule has 4 aromatic rings. The predicted octanol–water partition coefficient (Wildman–Crippen LogP) is 4.66. The number of halogens is 2. The van der Waals surface area contributed by atoms with E-state index >= 15 is 0 Å². The van der Waals surface area contributed by atoms with E-state index in [0.717, 1.165) is 27.6 Å². The van der Waals surface area contributed by atoms with Crippen LogP contribution >= 0.6 is 0 Å². The summed E-state index contributed by atoms with van der Waals surface area (Å²) in [4.78, 5) is 17.8. The first-order chi connectivity index (χ1) is 16.0. The van der Waals surface area contributed by atoms with Gasteiger partial charge in [0.15, 0.2) is 11.6 Å². The molecule has 1 unspecified atom stereocenters. The minimum absolute atomic E-state index is 0.198. The average molecular weight is 484 g/mol. The maximum Gasteiger partial charge on any atom is 0.266 e. The maximum atomic E-state index is 13.8. The van der Waals surface area contributed by atoms with Crippen molar-refractivity contribution >= 4 is 20.9 Å². The summed E-state index contributed by atoms with van der Waals surface area (Å²) in [5.41, 5.74) is 2.50. The SMILES string of the molecule is Cc1ccc(-n2c(C(C)N(C)S(=O)(=O)c3ccc(F)c(F)c3)nc3ccccc3c2=O)c(C)c1. The number of nitrogens with zero attached hydrogens (tertiary/aromatic N) is 3. The number of hydrogen-bond acceptors (Lipinski definition) is 4. The Morgan fingerprint density at radius 2 is 1.68 bits per heavy atom. The molecule has 0 saturated heterocycles. The third-order valence-corrected chi connectivity index (χ3v) is 7.81. The van der Waals surface area contributed by atoms with Gasteiger partial charge in [0.2, 0.25) is 10.0 Å². The van der Waals surface area contributed by atoms with Crippen LogP contribution in [-0.4, -0.2) is 29.3 Å². The van der Waals surface area contributed by atoms with E-state index in [9.17, 15) is 22.0 Å². The number of hydrogen-bond donors (Lipinski definition) is 0. The average Bonchev–Trinajstić information content (AvgIpc) is 2.80. The third-order valence-electron chi connectivity index (χ3n) is 5.88. The zero-order valence-electron chi connectivity index (χ0n) is 19.1. The molecule has 0 spiro atoms. The van der Waals surface area contributed by atoms with Crippen molar-refractivity contribution in [2.75, 3.05) is 7.05 Å². The zero-order valence-corrected chi connectivity index (χ0v) is 19.9. The second-order valence-corrected chi connectivity index (χ2v) is 10.2. The summed E-state index contributed by atoms with van der Waals surface area (Å²) in [6, 6.07) is 13.9. The Bertz CT molecular complexity index is 1580. The number of benzene rings is 3. The lowest BCUT2D eigenvalue weighted by Gasteiger charge is -2.27. The van der Waals surface area contributed by atoms with Crippen molar-refractivity contribution in [2.45, 2.75) is 31.7 Å². The summed E-state index contributed by atoms with van der Waals surface area (Å²) >= 11 is 0. The first kappa shape index (κ1) is 23.7. The first-order valence-electron chi connectivity index (χ1n) is 10.5. The topological polar surface area (TPSA) is 72.3 Å². The quantitative estimate of drug-likeness (QED) is 0.414. The Labute approximate surface area is 196 Å². The lowest BCUT2D eigenvalue weighted by molar-refractivity contribution is 0.378. The fourth-order valence-corrected chi connectivity index (χ4v) is 5.23. The molecule has 0 radical (unpaired) electrons. The van der Waals surface area contributed by atoms with Gasteiger partial charge in [0.05, 0.1) is 27.5 Å². The molecule has 9 heteroatoms. The van der Waals surface area contributed by atoms with Gasteiger partial charge in [-0.25, -0.2) is 22.2 Å². The largest absolute Gasteiger partial charge is 0.268 e. The Morgan fingerprint density at radius 3 is 2.35 bits per heavy atom. The number of para-hydroxylation sites is 1. The number of fused-ring (bicyclic) bond motifs is 1. The molecule has 4 rings (SSSR count). The van der Waals surface area contributed by atoms with E-state index < -0.39 is 32.6 Å². The van der Waals surface area contributed by atoms with Crippen molar-refractivity contribution in [3.8, 4) is 5.69 Å². The van der Waals surface area contributed by atoms with Gasteiger partial charge in [-0.1, -0.05) is 29.8 Å². The van der Waals surface area contributed by atoms with Crippen molar-refractivity contribution in [2.24, 2.45) is 0 Å². The van der Waals surface area contributed by atoms with Crippen molar-refractivity contribution in [1.82, 2.24) is 13.9 Å². The van der Waals surface area contributed by atoms with E-state index in [-0.39, 0.29) is 11.4 Å². The Hall–Kier alpha value is -3.43. The van der Waals surface area contributed by atoms with Crippen LogP contribution in [0.25, 0.3) is 16.6 Å². The molecule has 0 aliphatic carbocycles. The monoisotopic (exact) mass is 483 g/mol. The fraction of sp³-hybridized carbons (Fsp3) is 0.200. The molecular weight excluding hydrogens is 460 g/mol. The van der Waals surface area contributed by atoms with Crippen LogP contribution in [0.1, 0.15) is 29.9 Å². The molecule has 6 nitrogen and oxygen atoms in total. The van der Waals surface area contributed by atoms with Crippen molar-refractivity contribution in [1.29, 1.82) is 0 Å². The van der Waals surface area contributed by atoms with Gasteiger partial charge in [-0.15, -0.1) is 0 Å². The first-order valence-corrected chi connectivity index (χ1v) is 12.0. The van der Waals surface area contributed by atoms with Crippen LogP contribution in [0.15, 0.2) is 70.4 Å². The molecule has 0 N–H and O–H groups in total. The van der Waals surface area contributed by atoms with Crippen molar-refractivity contribution in [3.05, 3.63) is 99.6 Å². The van der Waals surface area contributed by atoms with Gasteiger partial charge in [0.1, 0.15) is 5.82 Å². The summed E-state index contributed by atoms with van der Waals surface area (Å²) in [6.45, 7) is 5.39. The van der Waals surface area contributed by atoms with E-state index in [0.29, 0.717) is 22.7 Å². The van der Waals surface area contributed by atoms with E-state index in [2.05, 4.69) is 4.98 Å². The van der Waals surface area contributed by atoms with Crippen LogP contribution in [0.3, 0.4) is 0 Å². The maximum absolute atomic E-state index is 13.8. The smallest absolute Gasteiger partial charge is 0.266 e. The highest BCUT2D eigenvalue weighted by atomic mass is 32.2. The summed E-state index contributed by atoms with van der Waals surface area (Å²) in [7, 11) is -2.92. The van der Waals surface area contributed by atoms with Crippen LogP contribution in [0, 0.1) is 25.5 Å². The van der Waals surface area contributed by atoms with Gasteiger partial charge >= 0.3 is 0 Å². The standard InChI is InChI=1S/C25H23F2N3O3S/c1-15-9-12-23(16(2)13-15)30-24(28-22-8-6-5-7-19(22)25(30)31)17(3)29(4)34(32,33)18-10-11-20(26)21(27)14-18/h5-14,17H,1-4H3. The van der Waals surface area contributed by atoms with Gasteiger partial charge in [0, 0.05) is 7.05 Å². The van der Waals surface area contributed by atoms with E-state index in [1.165, 1.54) is 11.6 Å². The lowest BCUT2D eigenvalue weighted by atomic mass is 10.1. The van der Waals surface area contributed by atoms with Crippen molar-refractivity contribution in [3.63, 3.8) is 0 Å². The minimum Gasteiger partial charge on any atom is -0.268 e. The molecule has 3 aromatic carbocycles. The van der Waals surface area contributed by atoms with Crippen LogP contribution in [-0.2, 0) is 10.0 Å². The molecule has 176 valence electrons. The molecular formula is C25H23F2N3O3S. The van der Waals surface area contributed by atoms with Crippen LogP contribution in [0.4, 0.5) is 8.78 Å². The molecule has 0 saturated carbocycles. The molecule has 0 amide bonds. The van der Waals surface area contributed by atoms with Gasteiger partial charge in [-0.2, -0.15) is 4.31 Å². The van der Waals surface area contributed by atoms with E-state index in [4.69, 9.17) is 0 Å². The highest BCUT2D eigenvalue weighted by molar-refractivity contribution is 7.89. The van der Waals surface area contributed by atoms with Crippen LogP contribution < -0.4 is 5.56 Å². The predicted molar refractivity (Wildman–Crippen MR) is 127 cm³/mol. The molecule has 0 aliphatic heterocycles. The fourth-order valence-electron chi connectivity index (χ4n) is 3.89. The summed E-state index contributed by atoms with van der Waals surface area (Å²) < 4.78 is 56.0. The molecule has 0 aliphatic rings. The molecule has 34 heavy (non-hydrogen) atoms. The number of sulfonamides is 1. The molecule has 0 bridgehead atoms. The van der Waals surface area contributed by atoms with Crippen LogP contribution in [0.5, 0.6) is 0 Å².